The summed E-state index contributed by atoms with van der Waals surface area (Å²) in [5, 5.41) is 1.37. The zero-order chi connectivity index (χ0) is 10.3. The van der Waals surface area contributed by atoms with Gasteiger partial charge < -0.3 is 5.73 Å². The quantitative estimate of drug-likeness (QED) is 0.797. The molecule has 0 aliphatic heterocycles. The fourth-order valence-corrected chi connectivity index (χ4v) is 2.81. The van der Waals surface area contributed by atoms with Crippen LogP contribution in [0.5, 0.6) is 0 Å². The van der Waals surface area contributed by atoms with E-state index in [1.165, 1.54) is 11.3 Å². The molecule has 0 radical (unpaired) electrons. The van der Waals surface area contributed by atoms with Crippen LogP contribution in [0.4, 0.5) is 0 Å². The van der Waals surface area contributed by atoms with Crippen LogP contribution >= 0.6 is 22.9 Å². The van der Waals surface area contributed by atoms with Crippen LogP contribution in [0.3, 0.4) is 0 Å². The van der Waals surface area contributed by atoms with E-state index in [0.29, 0.717) is 9.90 Å². The first-order valence-corrected chi connectivity index (χ1v) is 5.27. The molecule has 0 aliphatic carbocycles. The van der Waals surface area contributed by atoms with Crippen molar-refractivity contribution < 1.29 is 4.79 Å². The molecule has 0 saturated carbocycles. The van der Waals surface area contributed by atoms with Crippen LogP contribution < -0.4 is 5.73 Å². The van der Waals surface area contributed by atoms with Gasteiger partial charge in [-0.3, -0.25) is 4.79 Å². The van der Waals surface area contributed by atoms with Crippen molar-refractivity contribution in [2.24, 2.45) is 5.73 Å². The first kappa shape index (κ1) is 9.49. The lowest BCUT2D eigenvalue weighted by molar-refractivity contribution is 0.100. The van der Waals surface area contributed by atoms with Gasteiger partial charge in [-0.15, -0.1) is 11.3 Å². The van der Waals surface area contributed by atoms with Crippen molar-refractivity contribution in [2.75, 3.05) is 0 Å². The third kappa shape index (κ3) is 1.38. The second kappa shape index (κ2) is 3.26. The van der Waals surface area contributed by atoms with Gasteiger partial charge in [0, 0.05) is 10.1 Å². The van der Waals surface area contributed by atoms with Crippen LogP contribution in [0.25, 0.3) is 10.1 Å². The zero-order valence-corrected chi connectivity index (χ0v) is 9.08. The van der Waals surface area contributed by atoms with Gasteiger partial charge in [0.1, 0.15) is 4.88 Å². The average Bonchev–Trinajstić information content (AvgIpc) is 2.43. The Bertz CT molecular complexity index is 518. The third-order valence-corrected chi connectivity index (χ3v) is 3.68. The van der Waals surface area contributed by atoms with E-state index in [1.807, 2.05) is 25.1 Å². The number of thiophene rings is 1. The lowest BCUT2D eigenvalue weighted by atomic mass is 10.2. The molecule has 0 saturated heterocycles. The number of fused-ring (bicyclic) bond motifs is 1. The molecule has 1 aromatic carbocycles. The number of aryl methyl sites for hydroxylation is 1. The molecule has 72 valence electrons. The minimum Gasteiger partial charge on any atom is -0.365 e. The van der Waals surface area contributed by atoms with Gasteiger partial charge in [0.25, 0.3) is 5.91 Å². The highest BCUT2D eigenvalue weighted by atomic mass is 35.5. The van der Waals surface area contributed by atoms with E-state index in [9.17, 15) is 4.79 Å². The van der Waals surface area contributed by atoms with E-state index in [1.54, 1.807) is 0 Å². The summed E-state index contributed by atoms with van der Waals surface area (Å²) >= 11 is 7.35. The molecular weight excluding hydrogens is 218 g/mol. The van der Waals surface area contributed by atoms with Crippen molar-refractivity contribution in [3.63, 3.8) is 0 Å². The monoisotopic (exact) mass is 225 g/mol. The lowest BCUT2D eigenvalue weighted by Gasteiger charge is -1.91. The van der Waals surface area contributed by atoms with Crippen LogP contribution in [0.1, 0.15) is 15.2 Å². The Kier molecular flexibility index (Phi) is 2.21. The maximum absolute atomic E-state index is 11.0. The number of nitrogens with two attached hydrogens (primary N) is 1. The summed E-state index contributed by atoms with van der Waals surface area (Å²) in [6, 6.07) is 5.87. The van der Waals surface area contributed by atoms with Gasteiger partial charge in [0.2, 0.25) is 0 Å². The second-order valence-electron chi connectivity index (χ2n) is 3.11. The first-order valence-electron chi connectivity index (χ1n) is 4.08. The molecule has 1 heterocycles. The Morgan fingerprint density at radius 2 is 2.21 bits per heavy atom. The van der Waals surface area contributed by atoms with E-state index < -0.39 is 5.91 Å². The van der Waals surface area contributed by atoms with Gasteiger partial charge in [-0.05, 0) is 18.6 Å². The summed E-state index contributed by atoms with van der Waals surface area (Å²) in [6.45, 7) is 2.00. The number of carbonyl (C=O) groups excluding carboxylic acids is 1. The van der Waals surface area contributed by atoms with Crippen molar-refractivity contribution in [1.82, 2.24) is 0 Å². The molecule has 0 bridgehead atoms. The highest BCUT2D eigenvalue weighted by Crippen LogP contribution is 2.35. The summed E-state index contributed by atoms with van der Waals surface area (Å²) in [6.07, 6.45) is 0. The Balaban J connectivity index is 2.79. The molecule has 0 atom stereocenters. The Morgan fingerprint density at radius 1 is 1.50 bits per heavy atom. The molecule has 1 amide bonds. The molecule has 0 aliphatic rings. The molecule has 0 spiro atoms. The van der Waals surface area contributed by atoms with Crippen molar-refractivity contribution in [3.05, 3.63) is 33.7 Å². The smallest absolute Gasteiger partial charge is 0.260 e. The molecule has 2 nitrogen and oxygen atoms in total. The van der Waals surface area contributed by atoms with Crippen LogP contribution in [-0.2, 0) is 0 Å². The first-order chi connectivity index (χ1) is 6.59. The Labute approximate surface area is 90.3 Å². The molecule has 2 rings (SSSR count). The lowest BCUT2D eigenvalue weighted by Crippen LogP contribution is -2.08. The number of amides is 1. The van der Waals surface area contributed by atoms with Gasteiger partial charge in [-0.25, -0.2) is 0 Å². The highest BCUT2D eigenvalue weighted by Gasteiger charge is 2.13. The van der Waals surface area contributed by atoms with Crippen molar-refractivity contribution >= 4 is 38.9 Å². The molecule has 14 heavy (non-hydrogen) atoms. The third-order valence-electron chi connectivity index (χ3n) is 2.01. The van der Waals surface area contributed by atoms with Crippen molar-refractivity contribution in [2.45, 2.75) is 6.92 Å². The van der Waals surface area contributed by atoms with Gasteiger partial charge in [0.15, 0.2) is 0 Å². The minimum absolute atomic E-state index is 0.437. The second-order valence-corrected chi connectivity index (χ2v) is 4.54. The number of halogens is 1. The van der Waals surface area contributed by atoms with Crippen LogP contribution in [0.15, 0.2) is 18.2 Å². The number of rotatable bonds is 1. The summed E-state index contributed by atoms with van der Waals surface area (Å²) < 4.78 is 1.00. The standard InChI is InChI=1S/C10H8ClNOS/c1-5-2-3-6-7(4-5)14-9(8(6)11)10(12)13/h2-4H,1H3,(H2,12,13). The number of benzene rings is 1. The normalized spacial score (nSPS) is 10.7. The molecule has 2 aromatic rings. The largest absolute Gasteiger partial charge is 0.365 e. The number of primary amides is 1. The summed E-state index contributed by atoms with van der Waals surface area (Å²) in [7, 11) is 0. The van der Waals surface area contributed by atoms with E-state index in [4.69, 9.17) is 17.3 Å². The number of carbonyl (C=O) groups is 1. The van der Waals surface area contributed by atoms with Crippen LogP contribution in [-0.4, -0.2) is 5.91 Å². The van der Waals surface area contributed by atoms with Gasteiger partial charge in [0.05, 0.1) is 5.02 Å². The topological polar surface area (TPSA) is 43.1 Å². The van der Waals surface area contributed by atoms with E-state index in [0.717, 1.165) is 15.6 Å². The van der Waals surface area contributed by atoms with Crippen LogP contribution in [0.2, 0.25) is 5.02 Å². The minimum atomic E-state index is -0.464. The Hall–Kier alpha value is -1.06. The highest BCUT2D eigenvalue weighted by molar-refractivity contribution is 7.21. The molecule has 2 N–H and O–H groups in total. The van der Waals surface area contributed by atoms with Crippen LogP contribution in [0, 0.1) is 6.92 Å². The van der Waals surface area contributed by atoms with E-state index >= 15 is 0 Å². The summed E-state index contributed by atoms with van der Waals surface area (Å²) in [4.78, 5) is 11.5. The number of hydrogen-bond donors (Lipinski definition) is 1. The van der Waals surface area contributed by atoms with E-state index in [-0.39, 0.29) is 0 Å². The fourth-order valence-electron chi connectivity index (χ4n) is 1.33. The maximum Gasteiger partial charge on any atom is 0.260 e. The molecular formula is C10H8ClNOS. The predicted molar refractivity (Wildman–Crippen MR) is 60.1 cm³/mol. The fraction of sp³-hybridized carbons (Fsp3) is 0.100. The zero-order valence-electron chi connectivity index (χ0n) is 7.50. The molecule has 0 unspecified atom stereocenters. The van der Waals surface area contributed by atoms with E-state index in [2.05, 4.69) is 0 Å². The SMILES string of the molecule is Cc1ccc2c(Cl)c(C(N)=O)sc2c1. The number of hydrogen-bond acceptors (Lipinski definition) is 2. The van der Waals surface area contributed by atoms with Gasteiger partial charge in [-0.2, -0.15) is 0 Å². The Morgan fingerprint density at radius 3 is 2.86 bits per heavy atom. The van der Waals surface area contributed by atoms with Gasteiger partial charge >= 0.3 is 0 Å². The van der Waals surface area contributed by atoms with Crippen molar-refractivity contribution in [1.29, 1.82) is 0 Å². The molecule has 0 fully saturated rings. The van der Waals surface area contributed by atoms with Crippen molar-refractivity contribution in [3.8, 4) is 0 Å². The summed E-state index contributed by atoms with van der Waals surface area (Å²) in [5.74, 6) is -0.464. The molecule has 1 aromatic heterocycles. The maximum atomic E-state index is 11.0. The summed E-state index contributed by atoms with van der Waals surface area (Å²) in [5.41, 5.74) is 6.35. The average molecular weight is 226 g/mol. The van der Waals surface area contributed by atoms with Gasteiger partial charge in [-0.1, -0.05) is 23.7 Å². The predicted octanol–water partition coefficient (Wildman–Crippen LogP) is 2.96. The molecule has 4 heteroatoms.